The maximum absolute atomic E-state index is 5.94. The molecule has 2 aromatic rings. The molecule has 1 heterocycles. The van der Waals surface area contributed by atoms with E-state index < -0.39 is 0 Å². The van der Waals surface area contributed by atoms with Gasteiger partial charge < -0.3 is 15.0 Å². The second-order valence-electron chi connectivity index (χ2n) is 4.98. The van der Waals surface area contributed by atoms with Gasteiger partial charge in [-0.3, -0.25) is 0 Å². The van der Waals surface area contributed by atoms with Crippen LogP contribution in [0, 0.1) is 5.92 Å². The minimum Gasteiger partial charge on any atom is -0.381 e. The molecule has 96 valence electrons. The average Bonchev–Trinajstić information content (AvgIpc) is 3.13. The molecular formula is C14H19N3O. The molecule has 0 atom stereocenters. The van der Waals surface area contributed by atoms with E-state index >= 15 is 0 Å². The highest BCUT2D eigenvalue weighted by molar-refractivity contribution is 5.78. The summed E-state index contributed by atoms with van der Waals surface area (Å²) < 4.78 is 7.70. The van der Waals surface area contributed by atoms with E-state index in [-0.39, 0.29) is 0 Å². The van der Waals surface area contributed by atoms with Crippen molar-refractivity contribution in [3.63, 3.8) is 0 Å². The van der Waals surface area contributed by atoms with Crippen LogP contribution in [0.4, 0.5) is 5.95 Å². The van der Waals surface area contributed by atoms with E-state index in [0.29, 0.717) is 5.95 Å². The number of rotatable bonds is 6. The fourth-order valence-corrected chi connectivity index (χ4v) is 2.19. The number of para-hydroxylation sites is 2. The van der Waals surface area contributed by atoms with Crippen LogP contribution in [0.25, 0.3) is 11.0 Å². The Labute approximate surface area is 107 Å². The summed E-state index contributed by atoms with van der Waals surface area (Å²) in [5.74, 6) is 1.43. The number of aromatic nitrogens is 2. The summed E-state index contributed by atoms with van der Waals surface area (Å²) in [4.78, 5) is 4.35. The molecule has 1 aromatic heterocycles. The van der Waals surface area contributed by atoms with Crippen molar-refractivity contribution in [3.05, 3.63) is 24.3 Å². The number of nitrogens with two attached hydrogens (primary N) is 1. The number of nitrogens with zero attached hydrogens (tertiary/aromatic N) is 2. The molecule has 4 nitrogen and oxygen atoms in total. The zero-order valence-corrected chi connectivity index (χ0v) is 10.5. The van der Waals surface area contributed by atoms with Crippen molar-refractivity contribution in [2.75, 3.05) is 18.9 Å². The molecule has 4 heteroatoms. The molecular weight excluding hydrogens is 226 g/mol. The summed E-state index contributed by atoms with van der Waals surface area (Å²) >= 11 is 0. The summed E-state index contributed by atoms with van der Waals surface area (Å²) in [6, 6.07) is 8.05. The van der Waals surface area contributed by atoms with Gasteiger partial charge in [-0.15, -0.1) is 0 Å². The number of hydrogen-bond donors (Lipinski definition) is 1. The van der Waals surface area contributed by atoms with Crippen LogP contribution in [-0.2, 0) is 11.3 Å². The van der Waals surface area contributed by atoms with Crippen LogP contribution in [0.1, 0.15) is 19.3 Å². The highest BCUT2D eigenvalue weighted by atomic mass is 16.5. The zero-order valence-electron chi connectivity index (χ0n) is 10.5. The minimum absolute atomic E-state index is 0.596. The molecule has 0 saturated heterocycles. The first-order chi connectivity index (χ1) is 8.84. The predicted octanol–water partition coefficient (Wildman–Crippen LogP) is 2.44. The van der Waals surface area contributed by atoms with Gasteiger partial charge in [-0.25, -0.2) is 4.98 Å². The van der Waals surface area contributed by atoms with Crippen LogP contribution in [0.5, 0.6) is 0 Å². The Bertz CT molecular complexity index is 531. The molecule has 0 amide bonds. The van der Waals surface area contributed by atoms with Crippen LogP contribution >= 0.6 is 0 Å². The predicted molar refractivity (Wildman–Crippen MR) is 72.3 cm³/mol. The lowest BCUT2D eigenvalue weighted by Crippen LogP contribution is -2.07. The number of hydrogen-bond acceptors (Lipinski definition) is 3. The van der Waals surface area contributed by atoms with Gasteiger partial charge in [0.1, 0.15) is 0 Å². The fourth-order valence-electron chi connectivity index (χ4n) is 2.19. The molecule has 1 saturated carbocycles. The molecule has 0 spiro atoms. The highest BCUT2D eigenvalue weighted by Crippen LogP contribution is 2.28. The van der Waals surface area contributed by atoms with Crippen molar-refractivity contribution in [1.82, 2.24) is 9.55 Å². The maximum Gasteiger partial charge on any atom is 0.201 e. The van der Waals surface area contributed by atoms with Gasteiger partial charge in [-0.1, -0.05) is 12.1 Å². The van der Waals surface area contributed by atoms with E-state index in [1.54, 1.807) is 0 Å². The second-order valence-corrected chi connectivity index (χ2v) is 4.98. The van der Waals surface area contributed by atoms with Crippen LogP contribution < -0.4 is 5.73 Å². The van der Waals surface area contributed by atoms with Crippen molar-refractivity contribution in [2.45, 2.75) is 25.8 Å². The van der Waals surface area contributed by atoms with Gasteiger partial charge in [0.05, 0.1) is 11.0 Å². The monoisotopic (exact) mass is 245 g/mol. The molecule has 0 bridgehead atoms. The lowest BCUT2D eigenvalue weighted by Gasteiger charge is -2.07. The lowest BCUT2D eigenvalue weighted by atomic mass is 10.3. The number of anilines is 1. The summed E-state index contributed by atoms with van der Waals surface area (Å²) in [6.45, 7) is 2.61. The van der Waals surface area contributed by atoms with Gasteiger partial charge >= 0.3 is 0 Å². The van der Waals surface area contributed by atoms with Crippen LogP contribution in [-0.4, -0.2) is 22.8 Å². The molecule has 1 aliphatic rings. The van der Waals surface area contributed by atoms with E-state index in [1.165, 1.54) is 12.8 Å². The van der Waals surface area contributed by atoms with Crippen molar-refractivity contribution in [1.29, 1.82) is 0 Å². The molecule has 18 heavy (non-hydrogen) atoms. The van der Waals surface area contributed by atoms with Gasteiger partial charge in [-0.2, -0.15) is 0 Å². The Kier molecular flexibility index (Phi) is 3.19. The summed E-state index contributed by atoms with van der Waals surface area (Å²) in [5.41, 5.74) is 8.01. The smallest absolute Gasteiger partial charge is 0.201 e. The van der Waals surface area contributed by atoms with E-state index in [9.17, 15) is 0 Å². The number of ether oxygens (including phenoxy) is 1. The number of benzene rings is 1. The summed E-state index contributed by atoms with van der Waals surface area (Å²) in [6.07, 6.45) is 3.68. The van der Waals surface area contributed by atoms with E-state index in [1.807, 2.05) is 18.2 Å². The quantitative estimate of drug-likeness (QED) is 0.795. The number of aryl methyl sites for hydroxylation is 1. The third-order valence-corrected chi connectivity index (χ3v) is 3.40. The minimum atomic E-state index is 0.596. The Hall–Kier alpha value is -1.55. The van der Waals surface area contributed by atoms with E-state index in [4.69, 9.17) is 10.5 Å². The van der Waals surface area contributed by atoms with E-state index in [2.05, 4.69) is 15.6 Å². The third-order valence-electron chi connectivity index (χ3n) is 3.40. The standard InChI is InChI=1S/C14H19N3O/c15-14-16-12-4-1-2-5-13(12)17(14)8-3-9-18-10-11-6-7-11/h1-2,4-5,11H,3,6-10H2,(H2,15,16). The maximum atomic E-state index is 5.94. The van der Waals surface area contributed by atoms with Crippen molar-refractivity contribution in [3.8, 4) is 0 Å². The van der Waals surface area contributed by atoms with E-state index in [0.717, 1.165) is 43.1 Å². The molecule has 0 unspecified atom stereocenters. The molecule has 0 aliphatic heterocycles. The van der Waals surface area contributed by atoms with Gasteiger partial charge in [-0.05, 0) is 37.3 Å². The molecule has 1 aromatic carbocycles. The molecule has 1 fully saturated rings. The molecule has 3 rings (SSSR count). The van der Waals surface area contributed by atoms with Crippen molar-refractivity contribution in [2.24, 2.45) is 5.92 Å². The largest absolute Gasteiger partial charge is 0.381 e. The zero-order chi connectivity index (χ0) is 12.4. The first-order valence-electron chi connectivity index (χ1n) is 6.63. The summed E-state index contributed by atoms with van der Waals surface area (Å²) in [5, 5.41) is 0. The van der Waals surface area contributed by atoms with Gasteiger partial charge in [0.15, 0.2) is 0 Å². The molecule has 2 N–H and O–H groups in total. The van der Waals surface area contributed by atoms with Gasteiger partial charge in [0, 0.05) is 19.8 Å². The number of fused-ring (bicyclic) bond motifs is 1. The Morgan fingerprint density at radius 1 is 1.33 bits per heavy atom. The fraction of sp³-hybridized carbons (Fsp3) is 0.500. The Morgan fingerprint density at radius 3 is 3.00 bits per heavy atom. The lowest BCUT2D eigenvalue weighted by molar-refractivity contribution is 0.119. The summed E-state index contributed by atoms with van der Waals surface area (Å²) in [7, 11) is 0. The Balaban J connectivity index is 1.57. The van der Waals surface area contributed by atoms with Gasteiger partial charge in [0.25, 0.3) is 0 Å². The van der Waals surface area contributed by atoms with Gasteiger partial charge in [0.2, 0.25) is 5.95 Å². The number of nitrogen functional groups attached to an aromatic ring is 1. The molecule has 0 radical (unpaired) electrons. The Morgan fingerprint density at radius 2 is 2.17 bits per heavy atom. The highest BCUT2D eigenvalue weighted by Gasteiger charge is 2.20. The normalized spacial score (nSPS) is 15.3. The van der Waals surface area contributed by atoms with Crippen LogP contribution in [0.15, 0.2) is 24.3 Å². The average molecular weight is 245 g/mol. The SMILES string of the molecule is Nc1nc2ccccc2n1CCCOCC1CC1. The van der Waals surface area contributed by atoms with Crippen molar-refractivity contribution < 1.29 is 4.74 Å². The van der Waals surface area contributed by atoms with Crippen LogP contribution in [0.2, 0.25) is 0 Å². The second kappa shape index (κ2) is 4.98. The first kappa shape index (κ1) is 11.5. The first-order valence-corrected chi connectivity index (χ1v) is 6.63. The van der Waals surface area contributed by atoms with Crippen LogP contribution in [0.3, 0.4) is 0 Å². The number of imidazole rings is 1. The third kappa shape index (κ3) is 2.48. The topological polar surface area (TPSA) is 53.1 Å². The van der Waals surface area contributed by atoms with Crippen molar-refractivity contribution >= 4 is 17.0 Å². The molecule has 1 aliphatic carbocycles.